The van der Waals surface area contributed by atoms with Gasteiger partial charge in [0.15, 0.2) is 0 Å². The van der Waals surface area contributed by atoms with Gasteiger partial charge in [-0.15, -0.1) is 0 Å². The van der Waals surface area contributed by atoms with Crippen LogP contribution in [0.25, 0.3) is 0 Å². The molecule has 2 aromatic carbocycles. The Morgan fingerprint density at radius 1 is 1.21 bits per heavy atom. The van der Waals surface area contributed by atoms with Crippen LogP contribution in [-0.4, -0.2) is 31.7 Å². The zero-order valence-corrected chi connectivity index (χ0v) is 15.2. The van der Waals surface area contributed by atoms with Crippen molar-refractivity contribution in [3.05, 3.63) is 65.2 Å². The molecule has 2 aromatic rings. The summed E-state index contributed by atoms with van der Waals surface area (Å²) in [5, 5.41) is 5.19. The number of nitrogens with one attached hydrogen (secondary N) is 2. The van der Waals surface area contributed by atoms with Gasteiger partial charge in [-0.3, -0.25) is 4.79 Å². The predicted octanol–water partition coefficient (Wildman–Crippen LogP) is 2.87. The van der Waals surface area contributed by atoms with E-state index in [4.69, 9.17) is 9.47 Å². The lowest BCUT2D eigenvalue weighted by atomic mass is 9.85. The van der Waals surface area contributed by atoms with Gasteiger partial charge in [0.1, 0.15) is 24.0 Å². The van der Waals surface area contributed by atoms with Crippen molar-refractivity contribution in [2.24, 2.45) is 0 Å². The molecule has 0 unspecified atom stereocenters. The molecule has 8 heteroatoms. The van der Waals surface area contributed by atoms with E-state index in [0.717, 1.165) is 17.7 Å². The highest BCUT2D eigenvalue weighted by Gasteiger charge is 2.35. The van der Waals surface area contributed by atoms with Gasteiger partial charge in [0.05, 0.1) is 13.2 Å². The van der Waals surface area contributed by atoms with Crippen molar-refractivity contribution in [2.75, 3.05) is 13.7 Å². The van der Waals surface area contributed by atoms with Gasteiger partial charge < -0.3 is 20.1 Å². The smallest absolute Gasteiger partial charge is 0.407 e. The average Bonchev–Trinajstić information content (AvgIpc) is 2.68. The Balaban J connectivity index is 1.74. The number of carbonyl (C=O) groups is 2. The molecule has 0 saturated carbocycles. The Bertz CT molecular complexity index is 838. The highest BCUT2D eigenvalue weighted by molar-refractivity contribution is 5.79. The molecule has 1 saturated heterocycles. The fourth-order valence-corrected chi connectivity index (χ4v) is 3.18. The van der Waals surface area contributed by atoms with E-state index in [1.54, 1.807) is 12.1 Å². The van der Waals surface area contributed by atoms with Crippen LogP contribution in [0.3, 0.4) is 0 Å². The van der Waals surface area contributed by atoms with E-state index in [-0.39, 0.29) is 36.8 Å². The Labute approximate surface area is 160 Å². The molecule has 1 aliphatic heterocycles. The van der Waals surface area contributed by atoms with Crippen molar-refractivity contribution < 1.29 is 27.8 Å². The van der Waals surface area contributed by atoms with Crippen molar-refractivity contribution in [3.63, 3.8) is 0 Å². The predicted molar refractivity (Wildman–Crippen MR) is 96.8 cm³/mol. The lowest BCUT2D eigenvalue weighted by Gasteiger charge is -2.32. The number of ether oxygens (including phenoxy) is 2. The molecule has 148 valence electrons. The van der Waals surface area contributed by atoms with Crippen LogP contribution in [0, 0.1) is 11.6 Å². The van der Waals surface area contributed by atoms with Crippen LogP contribution in [0.5, 0.6) is 5.75 Å². The monoisotopic (exact) mass is 390 g/mol. The van der Waals surface area contributed by atoms with Gasteiger partial charge in [0.25, 0.3) is 0 Å². The Morgan fingerprint density at radius 2 is 1.89 bits per heavy atom. The fraction of sp³-hybridized carbons (Fsp3) is 0.300. The maximum atomic E-state index is 14.5. The summed E-state index contributed by atoms with van der Waals surface area (Å²) in [7, 11) is 1.30. The third-order valence-corrected chi connectivity index (χ3v) is 4.59. The second kappa shape index (κ2) is 8.69. The quantitative estimate of drug-likeness (QED) is 0.823. The maximum absolute atomic E-state index is 14.5. The number of hydrogen-bond acceptors (Lipinski definition) is 4. The average molecular weight is 390 g/mol. The minimum atomic E-state index is -0.871. The number of halogens is 2. The molecule has 3 rings (SSSR count). The number of carbonyl (C=O) groups excluding carboxylic acids is 2. The van der Waals surface area contributed by atoms with Crippen molar-refractivity contribution in [2.45, 2.75) is 25.0 Å². The van der Waals surface area contributed by atoms with Crippen molar-refractivity contribution >= 4 is 12.0 Å². The van der Waals surface area contributed by atoms with Gasteiger partial charge in [-0.05, 0) is 5.56 Å². The lowest BCUT2D eigenvalue weighted by molar-refractivity contribution is -0.123. The summed E-state index contributed by atoms with van der Waals surface area (Å²) in [6.45, 7) is 0.0938. The first kappa shape index (κ1) is 19.6. The summed E-state index contributed by atoms with van der Waals surface area (Å²) in [6.07, 6.45) is -0.895. The highest BCUT2D eigenvalue weighted by Crippen LogP contribution is 2.33. The molecule has 0 aliphatic carbocycles. The molecule has 2 N–H and O–H groups in total. The van der Waals surface area contributed by atoms with Gasteiger partial charge >= 0.3 is 6.09 Å². The summed E-state index contributed by atoms with van der Waals surface area (Å²) >= 11 is 0. The Morgan fingerprint density at radius 3 is 2.54 bits per heavy atom. The van der Waals surface area contributed by atoms with E-state index in [1.165, 1.54) is 7.11 Å². The number of rotatable bonds is 5. The molecule has 0 bridgehead atoms. The molecule has 1 aliphatic rings. The van der Waals surface area contributed by atoms with E-state index in [0.29, 0.717) is 0 Å². The first-order valence-corrected chi connectivity index (χ1v) is 8.74. The number of methoxy groups -OCH3 is 1. The highest BCUT2D eigenvalue weighted by atomic mass is 19.1. The summed E-state index contributed by atoms with van der Waals surface area (Å²) in [4.78, 5) is 24.0. The second-order valence-electron chi connectivity index (χ2n) is 6.43. The van der Waals surface area contributed by atoms with Gasteiger partial charge in [0, 0.05) is 36.6 Å². The molecule has 6 nitrogen and oxygen atoms in total. The zero-order chi connectivity index (χ0) is 20.1. The van der Waals surface area contributed by atoms with E-state index in [9.17, 15) is 18.4 Å². The number of hydrogen-bond donors (Lipinski definition) is 2. The van der Waals surface area contributed by atoms with Gasteiger partial charge in [-0.1, -0.05) is 30.3 Å². The molecular weight excluding hydrogens is 370 g/mol. The third kappa shape index (κ3) is 4.57. The third-order valence-electron chi connectivity index (χ3n) is 4.59. The zero-order valence-electron chi connectivity index (χ0n) is 15.2. The van der Waals surface area contributed by atoms with Crippen LogP contribution in [0.15, 0.2) is 42.5 Å². The van der Waals surface area contributed by atoms with Crippen LogP contribution in [0.2, 0.25) is 0 Å². The standard InChI is InChI=1S/C20H20F2N2O4/c1-27-13-7-15(21)19(16(22)8-13)14-9-18(25)23-10-17(14)24-20(26)28-11-12-5-3-2-4-6-12/h2-8,14,17H,9-11H2,1H3,(H,23,25)(H,24,26)/t14-,17-/m1/s1. The van der Waals surface area contributed by atoms with Crippen molar-refractivity contribution in [3.8, 4) is 5.75 Å². The fourth-order valence-electron chi connectivity index (χ4n) is 3.18. The van der Waals surface area contributed by atoms with Crippen molar-refractivity contribution in [1.82, 2.24) is 10.6 Å². The molecule has 0 aromatic heterocycles. The second-order valence-corrected chi connectivity index (χ2v) is 6.43. The summed E-state index contributed by atoms with van der Waals surface area (Å²) in [5.41, 5.74) is 0.544. The van der Waals surface area contributed by atoms with E-state index < -0.39 is 29.7 Å². The van der Waals surface area contributed by atoms with E-state index >= 15 is 0 Å². The Kier molecular flexibility index (Phi) is 6.08. The summed E-state index contributed by atoms with van der Waals surface area (Å²) in [6, 6.07) is 10.5. The lowest BCUT2D eigenvalue weighted by Crippen LogP contribution is -2.52. The van der Waals surface area contributed by atoms with Crippen LogP contribution in [0.4, 0.5) is 13.6 Å². The molecule has 1 fully saturated rings. The number of benzene rings is 2. The largest absolute Gasteiger partial charge is 0.497 e. The molecule has 2 amide bonds. The van der Waals surface area contributed by atoms with E-state index in [1.807, 2.05) is 18.2 Å². The number of amides is 2. The first-order chi connectivity index (χ1) is 13.5. The summed E-state index contributed by atoms with van der Waals surface area (Å²) < 4.78 is 39.0. The normalized spacial score (nSPS) is 18.9. The first-order valence-electron chi connectivity index (χ1n) is 8.74. The minimum Gasteiger partial charge on any atom is -0.497 e. The molecule has 0 radical (unpaired) electrons. The van der Waals surface area contributed by atoms with E-state index in [2.05, 4.69) is 10.6 Å². The van der Waals surface area contributed by atoms with Crippen LogP contribution < -0.4 is 15.4 Å². The van der Waals surface area contributed by atoms with Crippen molar-refractivity contribution in [1.29, 1.82) is 0 Å². The molecule has 1 heterocycles. The minimum absolute atomic E-state index is 0.0331. The Hall–Kier alpha value is -3.16. The van der Waals surface area contributed by atoms with Gasteiger partial charge in [-0.2, -0.15) is 0 Å². The van der Waals surface area contributed by atoms with Gasteiger partial charge in [-0.25, -0.2) is 13.6 Å². The van der Waals surface area contributed by atoms with Gasteiger partial charge in [0.2, 0.25) is 5.91 Å². The van der Waals surface area contributed by atoms with Crippen LogP contribution >= 0.6 is 0 Å². The topological polar surface area (TPSA) is 76.7 Å². The number of alkyl carbamates (subject to hydrolysis) is 1. The number of piperidine rings is 1. The SMILES string of the molecule is COc1cc(F)c([C@@H]2CC(=O)NC[C@H]2NC(=O)OCc2ccccc2)c(F)c1. The molecule has 2 atom stereocenters. The summed E-state index contributed by atoms with van der Waals surface area (Å²) in [5.74, 6) is -2.85. The molecular formula is C20H20F2N2O4. The van der Waals surface area contributed by atoms with Crippen LogP contribution in [-0.2, 0) is 16.1 Å². The maximum Gasteiger partial charge on any atom is 0.407 e. The molecule has 28 heavy (non-hydrogen) atoms. The van der Waals surface area contributed by atoms with Crippen LogP contribution in [0.1, 0.15) is 23.5 Å². The molecule has 0 spiro atoms.